The van der Waals surface area contributed by atoms with Gasteiger partial charge in [0, 0.05) is 17.3 Å². The van der Waals surface area contributed by atoms with E-state index in [1.54, 1.807) is 47.1 Å². The summed E-state index contributed by atoms with van der Waals surface area (Å²) in [5, 5.41) is 23.0. The van der Waals surface area contributed by atoms with Crippen LogP contribution in [0.5, 0.6) is 0 Å². The zero-order chi connectivity index (χ0) is 23.5. The first-order valence-corrected chi connectivity index (χ1v) is 10.6. The normalized spacial score (nSPS) is 10.9. The van der Waals surface area contributed by atoms with E-state index in [4.69, 9.17) is 23.2 Å². The number of halogens is 2. The first-order valence-electron chi connectivity index (χ1n) is 9.84. The SMILES string of the molecule is Cc1cc(NC(=O)c2ccc(Cn3cc([N+](=O)[O-])cn3)cc2)nn1Cc1ccc(Cl)c(Cl)c1. The molecular weight excluding hydrogens is 467 g/mol. The standard InChI is InChI=1S/C22H18Cl2N6O3/c1-14-8-21(27-29(14)12-16-4-7-19(23)20(24)9-16)26-22(31)17-5-2-15(3-6-17)11-28-13-18(10-25-28)30(32)33/h2-10,13H,11-12H2,1H3,(H,26,27,31). The van der Waals surface area contributed by atoms with Crippen LogP contribution >= 0.6 is 23.2 Å². The Kier molecular flexibility index (Phi) is 6.43. The molecule has 2 aromatic heterocycles. The van der Waals surface area contributed by atoms with Crippen molar-refractivity contribution in [1.29, 1.82) is 0 Å². The molecule has 11 heteroatoms. The number of anilines is 1. The van der Waals surface area contributed by atoms with E-state index in [-0.39, 0.29) is 11.6 Å². The van der Waals surface area contributed by atoms with Crippen molar-refractivity contribution in [3.05, 3.63) is 103 Å². The molecule has 4 aromatic rings. The number of rotatable bonds is 7. The van der Waals surface area contributed by atoms with E-state index >= 15 is 0 Å². The van der Waals surface area contributed by atoms with Crippen molar-refractivity contribution in [2.45, 2.75) is 20.0 Å². The number of aromatic nitrogens is 4. The Morgan fingerprint density at radius 1 is 1.06 bits per heavy atom. The van der Waals surface area contributed by atoms with E-state index in [0.717, 1.165) is 16.8 Å². The highest BCUT2D eigenvalue weighted by Crippen LogP contribution is 2.23. The quantitative estimate of drug-likeness (QED) is 0.294. The van der Waals surface area contributed by atoms with E-state index in [1.165, 1.54) is 17.1 Å². The lowest BCUT2D eigenvalue weighted by atomic mass is 10.1. The van der Waals surface area contributed by atoms with Gasteiger partial charge in [-0.05, 0) is 42.3 Å². The van der Waals surface area contributed by atoms with Gasteiger partial charge in [-0.1, -0.05) is 41.4 Å². The van der Waals surface area contributed by atoms with Gasteiger partial charge in [0.2, 0.25) is 0 Å². The van der Waals surface area contributed by atoms with Gasteiger partial charge in [-0.3, -0.25) is 24.3 Å². The van der Waals surface area contributed by atoms with Gasteiger partial charge in [0.05, 0.1) is 28.1 Å². The summed E-state index contributed by atoms with van der Waals surface area (Å²) in [6.07, 6.45) is 2.56. The first kappa shape index (κ1) is 22.5. The lowest BCUT2D eigenvalue weighted by Crippen LogP contribution is -2.13. The molecule has 2 heterocycles. The summed E-state index contributed by atoms with van der Waals surface area (Å²) in [7, 11) is 0. The minimum absolute atomic E-state index is 0.0695. The predicted octanol–water partition coefficient (Wildman–Crippen LogP) is 4.95. The Labute approximate surface area is 198 Å². The van der Waals surface area contributed by atoms with Crippen molar-refractivity contribution in [3.8, 4) is 0 Å². The van der Waals surface area contributed by atoms with E-state index in [2.05, 4.69) is 15.5 Å². The van der Waals surface area contributed by atoms with Crippen LogP contribution in [0.4, 0.5) is 11.5 Å². The Bertz CT molecular complexity index is 1330. The summed E-state index contributed by atoms with van der Waals surface area (Å²) < 4.78 is 3.23. The first-order chi connectivity index (χ1) is 15.8. The van der Waals surface area contributed by atoms with Gasteiger partial charge in [-0.25, -0.2) is 0 Å². The number of nitrogens with one attached hydrogen (secondary N) is 1. The fraction of sp³-hybridized carbons (Fsp3) is 0.136. The van der Waals surface area contributed by atoms with Gasteiger partial charge in [0.25, 0.3) is 5.91 Å². The molecule has 4 rings (SSSR count). The fourth-order valence-electron chi connectivity index (χ4n) is 3.21. The average Bonchev–Trinajstić information content (AvgIpc) is 3.38. The van der Waals surface area contributed by atoms with Crippen molar-refractivity contribution in [1.82, 2.24) is 19.6 Å². The van der Waals surface area contributed by atoms with Crippen molar-refractivity contribution in [2.24, 2.45) is 0 Å². The summed E-state index contributed by atoms with van der Waals surface area (Å²) >= 11 is 12.0. The van der Waals surface area contributed by atoms with Gasteiger partial charge >= 0.3 is 5.69 Å². The minimum Gasteiger partial charge on any atom is -0.305 e. The topological polar surface area (TPSA) is 108 Å². The molecule has 0 bridgehead atoms. The highest BCUT2D eigenvalue weighted by molar-refractivity contribution is 6.42. The molecule has 0 spiro atoms. The summed E-state index contributed by atoms with van der Waals surface area (Å²) in [4.78, 5) is 22.9. The summed E-state index contributed by atoms with van der Waals surface area (Å²) in [5.41, 5.74) is 3.06. The largest absolute Gasteiger partial charge is 0.307 e. The molecule has 2 aromatic carbocycles. The second-order valence-corrected chi connectivity index (χ2v) is 8.20. The van der Waals surface area contributed by atoms with Gasteiger partial charge in [-0.15, -0.1) is 0 Å². The number of carbonyl (C=O) groups excluding carboxylic acids is 1. The Hall–Kier alpha value is -3.69. The maximum absolute atomic E-state index is 12.6. The lowest BCUT2D eigenvalue weighted by molar-refractivity contribution is -0.385. The Balaban J connectivity index is 1.40. The van der Waals surface area contributed by atoms with E-state index in [9.17, 15) is 14.9 Å². The van der Waals surface area contributed by atoms with Crippen molar-refractivity contribution < 1.29 is 9.72 Å². The molecule has 1 N–H and O–H groups in total. The smallest absolute Gasteiger partial charge is 0.305 e. The molecule has 1 amide bonds. The molecule has 33 heavy (non-hydrogen) atoms. The third-order valence-electron chi connectivity index (χ3n) is 4.93. The molecule has 0 radical (unpaired) electrons. The van der Waals surface area contributed by atoms with Gasteiger partial charge < -0.3 is 5.32 Å². The third-order valence-corrected chi connectivity index (χ3v) is 5.67. The molecule has 0 atom stereocenters. The Morgan fingerprint density at radius 2 is 1.79 bits per heavy atom. The van der Waals surface area contributed by atoms with Crippen LogP contribution < -0.4 is 5.32 Å². The maximum Gasteiger partial charge on any atom is 0.307 e. The van der Waals surface area contributed by atoms with Crippen LogP contribution in [0.15, 0.2) is 60.9 Å². The van der Waals surface area contributed by atoms with Gasteiger partial charge in [0.1, 0.15) is 12.4 Å². The molecule has 0 aliphatic rings. The average molecular weight is 485 g/mol. The van der Waals surface area contributed by atoms with Gasteiger partial charge in [-0.2, -0.15) is 10.2 Å². The number of aryl methyl sites for hydroxylation is 1. The van der Waals surface area contributed by atoms with Crippen LogP contribution in [0.1, 0.15) is 27.2 Å². The van der Waals surface area contributed by atoms with E-state index < -0.39 is 4.92 Å². The van der Waals surface area contributed by atoms with Crippen LogP contribution in [0, 0.1) is 17.0 Å². The van der Waals surface area contributed by atoms with Crippen LogP contribution in [-0.4, -0.2) is 30.4 Å². The molecule has 0 unspecified atom stereocenters. The molecule has 0 aliphatic carbocycles. The summed E-state index contributed by atoms with van der Waals surface area (Å²) in [6.45, 7) is 2.74. The number of hydrogen-bond donors (Lipinski definition) is 1. The number of benzene rings is 2. The molecule has 9 nitrogen and oxygen atoms in total. The molecule has 0 aliphatic heterocycles. The number of carbonyl (C=O) groups is 1. The maximum atomic E-state index is 12.6. The lowest BCUT2D eigenvalue weighted by Gasteiger charge is -2.06. The number of nitro groups is 1. The number of nitrogens with zero attached hydrogens (tertiary/aromatic N) is 5. The summed E-state index contributed by atoms with van der Waals surface area (Å²) in [6, 6.07) is 14.1. The summed E-state index contributed by atoms with van der Waals surface area (Å²) in [5.74, 6) is 0.140. The second-order valence-electron chi connectivity index (χ2n) is 7.38. The highest BCUT2D eigenvalue weighted by Gasteiger charge is 2.12. The van der Waals surface area contributed by atoms with Crippen LogP contribution in [0.25, 0.3) is 0 Å². The monoisotopic (exact) mass is 484 g/mol. The second kappa shape index (κ2) is 9.43. The van der Waals surface area contributed by atoms with Crippen LogP contribution in [-0.2, 0) is 13.1 Å². The van der Waals surface area contributed by atoms with E-state index in [1.807, 2.05) is 13.0 Å². The minimum atomic E-state index is -0.495. The molecule has 168 valence electrons. The zero-order valence-electron chi connectivity index (χ0n) is 17.4. The van der Waals surface area contributed by atoms with Crippen LogP contribution in [0.3, 0.4) is 0 Å². The molecule has 0 saturated heterocycles. The van der Waals surface area contributed by atoms with Crippen LogP contribution in [0.2, 0.25) is 10.0 Å². The third kappa shape index (κ3) is 5.39. The molecule has 0 fully saturated rings. The molecular formula is C22H18Cl2N6O3. The number of amides is 1. The Morgan fingerprint density at radius 3 is 2.45 bits per heavy atom. The van der Waals surface area contributed by atoms with Crippen molar-refractivity contribution in [3.63, 3.8) is 0 Å². The van der Waals surface area contributed by atoms with Gasteiger partial charge in [0.15, 0.2) is 5.82 Å². The van der Waals surface area contributed by atoms with E-state index in [0.29, 0.717) is 34.5 Å². The predicted molar refractivity (Wildman–Crippen MR) is 125 cm³/mol. The fourth-order valence-corrected chi connectivity index (χ4v) is 3.53. The zero-order valence-corrected chi connectivity index (χ0v) is 18.9. The van der Waals surface area contributed by atoms with Crippen molar-refractivity contribution in [2.75, 3.05) is 5.32 Å². The highest BCUT2D eigenvalue weighted by atomic mass is 35.5. The van der Waals surface area contributed by atoms with Crippen molar-refractivity contribution >= 4 is 40.6 Å². The number of hydrogen-bond acceptors (Lipinski definition) is 5. The molecule has 0 saturated carbocycles.